The van der Waals surface area contributed by atoms with Crippen molar-refractivity contribution in [2.75, 3.05) is 13.1 Å². The van der Waals surface area contributed by atoms with Gasteiger partial charge < -0.3 is 4.90 Å². The number of carbonyl (C=O) groups excluding carboxylic acids is 1. The lowest BCUT2D eigenvalue weighted by Gasteiger charge is -2.16. The fourth-order valence-corrected chi connectivity index (χ4v) is 5.64. The Bertz CT molecular complexity index is 872. The van der Waals surface area contributed by atoms with Crippen molar-refractivity contribution in [3.63, 3.8) is 0 Å². The van der Waals surface area contributed by atoms with Gasteiger partial charge in [0.2, 0.25) is 0 Å². The van der Waals surface area contributed by atoms with Gasteiger partial charge in [-0.15, -0.1) is 0 Å². The van der Waals surface area contributed by atoms with E-state index in [1.165, 1.54) is 0 Å². The molecule has 0 aliphatic carbocycles. The number of carbonyl (C=O) groups is 1. The molecule has 2 aromatic rings. The predicted octanol–water partition coefficient (Wildman–Crippen LogP) is 0.816. The molecule has 0 radical (unpaired) electrons. The number of benzene rings is 1. The van der Waals surface area contributed by atoms with Crippen LogP contribution in [0.2, 0.25) is 0 Å². The normalized spacial score (nSPS) is 25.0. The molecule has 2 aliphatic rings. The SMILES string of the molecule is Cn1ccc(C(=O)N2C[C@H]3c4ccccc4S(=O)(=O)[C@H]3C2)n1. The summed E-state index contributed by atoms with van der Waals surface area (Å²) in [5, 5.41) is 3.58. The van der Waals surface area contributed by atoms with Gasteiger partial charge in [-0.2, -0.15) is 5.10 Å². The number of hydrogen-bond donors (Lipinski definition) is 0. The van der Waals surface area contributed by atoms with Crippen molar-refractivity contribution in [3.05, 3.63) is 47.8 Å². The quantitative estimate of drug-likeness (QED) is 0.780. The van der Waals surface area contributed by atoms with Gasteiger partial charge in [-0.25, -0.2) is 8.42 Å². The average molecular weight is 317 g/mol. The summed E-state index contributed by atoms with van der Waals surface area (Å²) < 4.78 is 26.8. The fourth-order valence-electron chi connectivity index (χ4n) is 3.45. The number of amides is 1. The van der Waals surface area contributed by atoms with E-state index in [-0.39, 0.29) is 18.4 Å². The van der Waals surface area contributed by atoms with Crippen LogP contribution in [0.1, 0.15) is 22.0 Å². The molecule has 2 aliphatic heterocycles. The van der Waals surface area contributed by atoms with Crippen molar-refractivity contribution in [1.29, 1.82) is 0 Å². The van der Waals surface area contributed by atoms with E-state index in [4.69, 9.17) is 0 Å². The highest BCUT2D eigenvalue weighted by atomic mass is 32.2. The Morgan fingerprint density at radius 3 is 2.73 bits per heavy atom. The van der Waals surface area contributed by atoms with Crippen molar-refractivity contribution < 1.29 is 13.2 Å². The number of hydrogen-bond acceptors (Lipinski definition) is 4. The van der Waals surface area contributed by atoms with Gasteiger partial charge in [0.1, 0.15) is 5.69 Å². The van der Waals surface area contributed by atoms with Gasteiger partial charge in [0, 0.05) is 32.3 Å². The topological polar surface area (TPSA) is 72.3 Å². The van der Waals surface area contributed by atoms with E-state index in [0.717, 1.165) is 5.56 Å². The summed E-state index contributed by atoms with van der Waals surface area (Å²) in [7, 11) is -1.60. The number of nitrogens with zero attached hydrogens (tertiary/aromatic N) is 3. The van der Waals surface area contributed by atoms with Crippen LogP contribution in [0.3, 0.4) is 0 Å². The Morgan fingerprint density at radius 2 is 2.00 bits per heavy atom. The number of fused-ring (bicyclic) bond motifs is 3. The molecule has 1 fully saturated rings. The Hall–Kier alpha value is -2.15. The second-order valence-electron chi connectivity index (χ2n) is 5.81. The summed E-state index contributed by atoms with van der Waals surface area (Å²) in [6.45, 7) is 0.660. The number of likely N-dealkylation sites (tertiary alicyclic amines) is 1. The minimum Gasteiger partial charge on any atom is -0.335 e. The van der Waals surface area contributed by atoms with E-state index in [0.29, 0.717) is 17.1 Å². The maximum absolute atomic E-state index is 12.6. The molecule has 114 valence electrons. The Morgan fingerprint density at radius 1 is 1.23 bits per heavy atom. The lowest BCUT2D eigenvalue weighted by Crippen LogP contribution is -2.32. The number of aromatic nitrogens is 2. The van der Waals surface area contributed by atoms with Crippen LogP contribution in [0.5, 0.6) is 0 Å². The lowest BCUT2D eigenvalue weighted by molar-refractivity contribution is 0.0784. The maximum Gasteiger partial charge on any atom is 0.274 e. The summed E-state index contributed by atoms with van der Waals surface area (Å²) in [4.78, 5) is 14.5. The zero-order valence-corrected chi connectivity index (χ0v) is 12.8. The third-order valence-corrected chi connectivity index (χ3v) is 6.77. The minimum absolute atomic E-state index is 0.131. The molecule has 4 rings (SSSR count). The van der Waals surface area contributed by atoms with Crippen molar-refractivity contribution in [1.82, 2.24) is 14.7 Å². The molecule has 0 spiro atoms. The van der Waals surface area contributed by atoms with Crippen LogP contribution in [-0.2, 0) is 16.9 Å². The summed E-state index contributed by atoms with van der Waals surface area (Å²) in [6, 6.07) is 8.76. The van der Waals surface area contributed by atoms with Gasteiger partial charge in [0.25, 0.3) is 5.91 Å². The van der Waals surface area contributed by atoms with Crippen LogP contribution in [0.4, 0.5) is 0 Å². The molecule has 22 heavy (non-hydrogen) atoms. The Kier molecular flexibility index (Phi) is 2.72. The zero-order chi connectivity index (χ0) is 15.5. The first-order chi connectivity index (χ1) is 10.5. The van der Waals surface area contributed by atoms with Crippen LogP contribution in [-0.4, -0.2) is 47.3 Å². The lowest BCUT2D eigenvalue weighted by atomic mass is 9.99. The number of rotatable bonds is 1. The van der Waals surface area contributed by atoms with Gasteiger partial charge in [0.05, 0.1) is 10.1 Å². The van der Waals surface area contributed by atoms with Gasteiger partial charge in [-0.05, 0) is 17.7 Å². The van der Waals surface area contributed by atoms with Crippen LogP contribution >= 0.6 is 0 Å². The van der Waals surface area contributed by atoms with Crippen LogP contribution in [0.25, 0.3) is 0 Å². The molecule has 6 nitrogen and oxygen atoms in total. The van der Waals surface area contributed by atoms with Crippen LogP contribution in [0, 0.1) is 0 Å². The molecule has 1 aromatic carbocycles. The van der Waals surface area contributed by atoms with Gasteiger partial charge in [0.15, 0.2) is 9.84 Å². The summed E-state index contributed by atoms with van der Waals surface area (Å²) in [5.41, 5.74) is 1.19. The van der Waals surface area contributed by atoms with E-state index in [2.05, 4.69) is 5.10 Å². The first-order valence-electron chi connectivity index (χ1n) is 7.10. The molecule has 2 atom stereocenters. The molecule has 1 aromatic heterocycles. The molecule has 1 saturated heterocycles. The highest BCUT2D eigenvalue weighted by molar-refractivity contribution is 7.92. The van der Waals surface area contributed by atoms with E-state index < -0.39 is 15.1 Å². The van der Waals surface area contributed by atoms with E-state index in [1.54, 1.807) is 41.0 Å². The third kappa shape index (κ3) is 1.75. The van der Waals surface area contributed by atoms with E-state index >= 15 is 0 Å². The molecule has 3 heterocycles. The van der Waals surface area contributed by atoms with Crippen molar-refractivity contribution >= 4 is 15.7 Å². The summed E-state index contributed by atoms with van der Waals surface area (Å²) in [6.07, 6.45) is 1.70. The minimum atomic E-state index is -3.35. The van der Waals surface area contributed by atoms with Crippen molar-refractivity contribution in [3.8, 4) is 0 Å². The van der Waals surface area contributed by atoms with Crippen LogP contribution in [0.15, 0.2) is 41.4 Å². The van der Waals surface area contributed by atoms with Crippen molar-refractivity contribution in [2.45, 2.75) is 16.1 Å². The largest absolute Gasteiger partial charge is 0.335 e. The van der Waals surface area contributed by atoms with Gasteiger partial charge >= 0.3 is 0 Å². The molecule has 1 amide bonds. The number of aryl methyl sites for hydroxylation is 1. The molecular formula is C15H15N3O3S. The second-order valence-corrected chi connectivity index (χ2v) is 7.95. The standard InChI is InChI=1S/C15H15N3O3S/c1-17-7-6-12(16-17)15(19)18-8-11-10-4-2-3-5-13(10)22(20,21)14(11)9-18/h2-7,11,14H,8-9H2,1H3/t11-,14-/m0/s1. The van der Waals surface area contributed by atoms with Crippen molar-refractivity contribution in [2.24, 2.45) is 7.05 Å². The van der Waals surface area contributed by atoms with Gasteiger partial charge in [-0.3, -0.25) is 9.48 Å². The Labute approximate surface area is 128 Å². The monoisotopic (exact) mass is 317 g/mol. The molecule has 0 saturated carbocycles. The highest BCUT2D eigenvalue weighted by Gasteiger charge is 2.51. The molecular weight excluding hydrogens is 302 g/mol. The number of sulfone groups is 1. The second kappa shape index (κ2) is 4.42. The Balaban J connectivity index is 1.68. The molecule has 0 bridgehead atoms. The van der Waals surface area contributed by atoms with E-state index in [9.17, 15) is 13.2 Å². The van der Waals surface area contributed by atoms with Gasteiger partial charge in [-0.1, -0.05) is 18.2 Å². The predicted molar refractivity (Wildman–Crippen MR) is 79.3 cm³/mol. The fraction of sp³-hybridized carbons (Fsp3) is 0.333. The maximum atomic E-state index is 12.6. The van der Waals surface area contributed by atoms with Crippen LogP contribution < -0.4 is 0 Å². The smallest absolute Gasteiger partial charge is 0.274 e. The summed E-state index contributed by atoms with van der Waals surface area (Å²) in [5.74, 6) is -0.337. The first kappa shape index (κ1) is 13.5. The highest BCUT2D eigenvalue weighted by Crippen LogP contribution is 2.44. The third-order valence-electron chi connectivity index (χ3n) is 4.51. The zero-order valence-electron chi connectivity index (χ0n) is 12.0. The molecule has 0 N–H and O–H groups in total. The summed E-state index contributed by atoms with van der Waals surface area (Å²) >= 11 is 0. The molecule has 7 heteroatoms. The first-order valence-corrected chi connectivity index (χ1v) is 8.65. The van der Waals surface area contributed by atoms with E-state index in [1.807, 2.05) is 12.1 Å². The molecule has 0 unspecified atom stereocenters. The average Bonchev–Trinajstić information content (AvgIpc) is 3.16.